The van der Waals surface area contributed by atoms with E-state index in [1.165, 1.54) is 0 Å². The lowest BCUT2D eigenvalue weighted by Crippen LogP contribution is -2.32. The number of unbranched alkanes of at least 4 members (excludes halogenated alkanes) is 2. The van der Waals surface area contributed by atoms with Gasteiger partial charge in [0.05, 0.1) is 13.2 Å². The van der Waals surface area contributed by atoms with Gasteiger partial charge in [-0.1, -0.05) is 38.8 Å². The van der Waals surface area contributed by atoms with Crippen molar-refractivity contribution in [3.63, 3.8) is 0 Å². The van der Waals surface area contributed by atoms with Crippen molar-refractivity contribution >= 4 is 5.96 Å². The molecule has 4 heteroatoms. The molecule has 3 N–H and O–H groups in total. The Morgan fingerprint density at radius 2 is 2.05 bits per heavy atom. The SMILES string of the molecule is CCCCNC(N)=NCc1cccc(OCCCC)c1. The number of hydrogen-bond acceptors (Lipinski definition) is 2. The summed E-state index contributed by atoms with van der Waals surface area (Å²) in [7, 11) is 0. The molecule has 0 saturated carbocycles. The molecule has 1 aromatic rings. The van der Waals surface area contributed by atoms with E-state index in [0.717, 1.165) is 50.1 Å². The monoisotopic (exact) mass is 277 g/mol. The number of benzene rings is 1. The van der Waals surface area contributed by atoms with Crippen LogP contribution in [0.5, 0.6) is 5.75 Å². The van der Waals surface area contributed by atoms with Crippen LogP contribution in [0.25, 0.3) is 0 Å². The first-order valence-electron chi connectivity index (χ1n) is 7.51. The minimum atomic E-state index is 0.510. The zero-order valence-electron chi connectivity index (χ0n) is 12.7. The maximum atomic E-state index is 5.81. The van der Waals surface area contributed by atoms with Crippen LogP contribution < -0.4 is 15.8 Å². The molecule has 0 aliphatic heterocycles. The third kappa shape index (κ3) is 7.02. The third-order valence-electron chi connectivity index (χ3n) is 2.93. The summed E-state index contributed by atoms with van der Waals surface area (Å²) in [5.74, 6) is 1.42. The van der Waals surface area contributed by atoms with Gasteiger partial charge in [-0.2, -0.15) is 0 Å². The van der Waals surface area contributed by atoms with Gasteiger partial charge in [0.2, 0.25) is 0 Å². The van der Waals surface area contributed by atoms with Gasteiger partial charge in [0.1, 0.15) is 5.75 Å². The van der Waals surface area contributed by atoms with Crippen LogP contribution in [0.2, 0.25) is 0 Å². The van der Waals surface area contributed by atoms with Gasteiger partial charge in [0, 0.05) is 6.54 Å². The number of rotatable bonds is 9. The number of nitrogens with two attached hydrogens (primary N) is 1. The Hall–Kier alpha value is -1.71. The van der Waals surface area contributed by atoms with Gasteiger partial charge in [-0.15, -0.1) is 0 Å². The zero-order valence-corrected chi connectivity index (χ0v) is 12.7. The predicted molar refractivity (Wildman–Crippen MR) is 85.1 cm³/mol. The lowest BCUT2D eigenvalue weighted by atomic mass is 10.2. The average molecular weight is 277 g/mol. The van der Waals surface area contributed by atoms with Crippen molar-refractivity contribution in [2.24, 2.45) is 10.7 Å². The Balaban J connectivity index is 2.42. The summed E-state index contributed by atoms with van der Waals surface area (Å²) < 4.78 is 5.68. The predicted octanol–water partition coefficient (Wildman–Crippen LogP) is 3.07. The molecule has 0 aliphatic rings. The number of ether oxygens (including phenoxy) is 1. The van der Waals surface area contributed by atoms with Gasteiger partial charge in [-0.05, 0) is 30.5 Å². The molecule has 0 aromatic heterocycles. The van der Waals surface area contributed by atoms with Crippen LogP contribution >= 0.6 is 0 Å². The molecule has 0 saturated heterocycles. The summed E-state index contributed by atoms with van der Waals surface area (Å²) in [5, 5.41) is 3.11. The molecule has 0 fully saturated rings. The summed E-state index contributed by atoms with van der Waals surface area (Å²) in [4.78, 5) is 4.33. The third-order valence-corrected chi connectivity index (χ3v) is 2.93. The van der Waals surface area contributed by atoms with Gasteiger partial charge in [-0.3, -0.25) is 0 Å². The Morgan fingerprint density at radius 1 is 1.25 bits per heavy atom. The number of guanidine groups is 1. The first-order chi connectivity index (χ1) is 9.76. The van der Waals surface area contributed by atoms with E-state index in [-0.39, 0.29) is 0 Å². The minimum absolute atomic E-state index is 0.510. The lowest BCUT2D eigenvalue weighted by Gasteiger charge is -2.07. The lowest BCUT2D eigenvalue weighted by molar-refractivity contribution is 0.309. The van der Waals surface area contributed by atoms with Gasteiger partial charge in [-0.25, -0.2) is 4.99 Å². The topological polar surface area (TPSA) is 59.6 Å². The van der Waals surface area contributed by atoms with E-state index in [9.17, 15) is 0 Å². The maximum Gasteiger partial charge on any atom is 0.188 e. The molecule has 0 unspecified atom stereocenters. The zero-order chi connectivity index (χ0) is 14.6. The van der Waals surface area contributed by atoms with Crippen LogP contribution in [0.1, 0.15) is 45.1 Å². The number of aliphatic imine (C=N–C) groups is 1. The van der Waals surface area contributed by atoms with Gasteiger partial charge < -0.3 is 15.8 Å². The van der Waals surface area contributed by atoms with Gasteiger partial charge in [0.25, 0.3) is 0 Å². The summed E-state index contributed by atoms with van der Waals surface area (Å²) in [6, 6.07) is 8.03. The van der Waals surface area contributed by atoms with Crippen LogP contribution in [-0.2, 0) is 6.54 Å². The molecule has 20 heavy (non-hydrogen) atoms. The maximum absolute atomic E-state index is 5.81. The Labute approximate surface area is 122 Å². The molecule has 112 valence electrons. The number of hydrogen-bond donors (Lipinski definition) is 2. The van der Waals surface area contributed by atoms with Gasteiger partial charge >= 0.3 is 0 Å². The molecule has 4 nitrogen and oxygen atoms in total. The van der Waals surface area contributed by atoms with Crippen molar-refractivity contribution < 1.29 is 4.74 Å². The van der Waals surface area contributed by atoms with Crippen LogP contribution in [0.15, 0.2) is 29.3 Å². The molecule has 0 atom stereocenters. The fourth-order valence-corrected chi connectivity index (χ4v) is 1.69. The summed E-state index contributed by atoms with van der Waals surface area (Å²) >= 11 is 0. The van der Waals surface area contributed by atoms with Gasteiger partial charge in [0.15, 0.2) is 5.96 Å². The summed E-state index contributed by atoms with van der Waals surface area (Å²) in [6.07, 6.45) is 4.48. The van der Waals surface area contributed by atoms with E-state index in [1.54, 1.807) is 0 Å². The van der Waals surface area contributed by atoms with E-state index < -0.39 is 0 Å². The molecule has 0 aliphatic carbocycles. The van der Waals surface area contributed by atoms with E-state index >= 15 is 0 Å². The molecule has 0 amide bonds. The average Bonchev–Trinajstić information content (AvgIpc) is 2.46. The van der Waals surface area contributed by atoms with Crippen LogP contribution in [0.4, 0.5) is 0 Å². The summed E-state index contributed by atoms with van der Waals surface area (Å²) in [6.45, 7) is 6.54. The van der Waals surface area contributed by atoms with Crippen LogP contribution in [-0.4, -0.2) is 19.1 Å². The van der Waals surface area contributed by atoms with Crippen molar-refractivity contribution in [1.82, 2.24) is 5.32 Å². The molecule has 1 rings (SSSR count). The second-order valence-electron chi connectivity index (χ2n) is 4.83. The Bertz CT molecular complexity index is 404. The number of nitrogens with one attached hydrogen (secondary N) is 1. The molecule has 0 spiro atoms. The second-order valence-corrected chi connectivity index (χ2v) is 4.83. The fourth-order valence-electron chi connectivity index (χ4n) is 1.69. The smallest absolute Gasteiger partial charge is 0.188 e. The molecule has 1 aromatic carbocycles. The quantitative estimate of drug-likeness (QED) is 0.414. The van der Waals surface area contributed by atoms with E-state index in [2.05, 4.69) is 24.2 Å². The molecular weight excluding hydrogens is 250 g/mol. The van der Waals surface area contributed by atoms with E-state index in [4.69, 9.17) is 10.5 Å². The van der Waals surface area contributed by atoms with Crippen molar-refractivity contribution in [2.75, 3.05) is 13.2 Å². The molecule has 0 radical (unpaired) electrons. The molecule has 0 bridgehead atoms. The van der Waals surface area contributed by atoms with Crippen molar-refractivity contribution in [3.8, 4) is 5.75 Å². The molecular formula is C16H27N3O. The normalized spacial score (nSPS) is 11.4. The van der Waals surface area contributed by atoms with Crippen molar-refractivity contribution in [2.45, 2.75) is 46.1 Å². The van der Waals surface area contributed by atoms with E-state index in [0.29, 0.717) is 12.5 Å². The highest BCUT2D eigenvalue weighted by Gasteiger charge is 1.97. The van der Waals surface area contributed by atoms with Crippen LogP contribution in [0, 0.1) is 0 Å². The highest BCUT2D eigenvalue weighted by atomic mass is 16.5. The minimum Gasteiger partial charge on any atom is -0.494 e. The van der Waals surface area contributed by atoms with Crippen molar-refractivity contribution in [1.29, 1.82) is 0 Å². The van der Waals surface area contributed by atoms with E-state index in [1.807, 2.05) is 24.3 Å². The number of nitrogens with zero attached hydrogens (tertiary/aromatic N) is 1. The first kappa shape index (κ1) is 16.3. The standard InChI is InChI=1S/C16H27N3O/c1-3-5-10-18-16(17)19-13-14-8-7-9-15(12-14)20-11-6-4-2/h7-9,12H,3-6,10-11,13H2,1-2H3,(H3,17,18,19). The molecule has 0 heterocycles. The fraction of sp³-hybridized carbons (Fsp3) is 0.562. The highest BCUT2D eigenvalue weighted by Crippen LogP contribution is 2.14. The van der Waals surface area contributed by atoms with Crippen molar-refractivity contribution in [3.05, 3.63) is 29.8 Å². The highest BCUT2D eigenvalue weighted by molar-refractivity contribution is 5.77. The van der Waals surface area contributed by atoms with Crippen LogP contribution in [0.3, 0.4) is 0 Å². The summed E-state index contributed by atoms with van der Waals surface area (Å²) in [5.41, 5.74) is 6.92. The Morgan fingerprint density at radius 3 is 2.80 bits per heavy atom. The first-order valence-corrected chi connectivity index (χ1v) is 7.51. The second kappa shape index (κ2) is 10.1. The largest absolute Gasteiger partial charge is 0.494 e. The Kier molecular flexibility index (Phi) is 8.27.